The van der Waals surface area contributed by atoms with E-state index in [0.29, 0.717) is 5.82 Å². The van der Waals surface area contributed by atoms with Crippen LogP contribution in [-0.2, 0) is 0 Å². The molecule has 0 bridgehead atoms. The number of hydrogen-bond donors (Lipinski definition) is 1. The Hall–Kier alpha value is -1.46. The van der Waals surface area contributed by atoms with Crippen molar-refractivity contribution in [3.05, 3.63) is 18.3 Å². The standard InChI is InChI=1S/C10H13F3N2O/c1-2-4-14-9-6-8(3-5-15-9)16-7-10(11,12)13/h3,5-6H,2,4,7H2,1H3,(H,14,15). The Morgan fingerprint density at radius 2 is 2.19 bits per heavy atom. The largest absolute Gasteiger partial charge is 0.484 e. The minimum absolute atomic E-state index is 0.158. The predicted octanol–water partition coefficient (Wildman–Crippen LogP) is 2.84. The summed E-state index contributed by atoms with van der Waals surface area (Å²) in [6.07, 6.45) is -2.00. The summed E-state index contributed by atoms with van der Waals surface area (Å²) in [4.78, 5) is 3.95. The van der Waals surface area contributed by atoms with Gasteiger partial charge in [0, 0.05) is 18.8 Å². The van der Waals surface area contributed by atoms with Crippen molar-refractivity contribution in [2.75, 3.05) is 18.5 Å². The summed E-state index contributed by atoms with van der Waals surface area (Å²) < 4.78 is 40.3. The molecule has 6 heteroatoms. The number of rotatable bonds is 5. The summed E-state index contributed by atoms with van der Waals surface area (Å²) in [5.41, 5.74) is 0. The lowest BCUT2D eigenvalue weighted by atomic mass is 10.4. The highest BCUT2D eigenvalue weighted by atomic mass is 19.4. The van der Waals surface area contributed by atoms with Gasteiger partial charge >= 0.3 is 6.18 Å². The number of halogens is 3. The first-order valence-electron chi connectivity index (χ1n) is 4.91. The van der Waals surface area contributed by atoms with Crippen molar-refractivity contribution >= 4 is 5.82 Å². The lowest BCUT2D eigenvalue weighted by Gasteiger charge is -2.10. The van der Waals surface area contributed by atoms with Gasteiger partial charge in [-0.2, -0.15) is 13.2 Å². The first-order valence-corrected chi connectivity index (χ1v) is 4.91. The molecule has 0 aliphatic rings. The summed E-state index contributed by atoms with van der Waals surface area (Å²) in [6.45, 7) is 1.41. The molecular weight excluding hydrogens is 221 g/mol. The molecule has 1 aromatic heterocycles. The molecule has 0 radical (unpaired) electrons. The van der Waals surface area contributed by atoms with Crippen LogP contribution in [0.5, 0.6) is 5.75 Å². The van der Waals surface area contributed by atoms with Crippen molar-refractivity contribution in [3.8, 4) is 5.75 Å². The molecule has 0 saturated carbocycles. The molecule has 0 aliphatic carbocycles. The summed E-state index contributed by atoms with van der Waals surface area (Å²) >= 11 is 0. The van der Waals surface area contributed by atoms with E-state index < -0.39 is 12.8 Å². The summed E-state index contributed by atoms with van der Waals surface area (Å²) in [5.74, 6) is 0.674. The highest BCUT2D eigenvalue weighted by Crippen LogP contribution is 2.19. The van der Waals surface area contributed by atoms with Crippen LogP contribution in [0.25, 0.3) is 0 Å². The Balaban J connectivity index is 2.53. The van der Waals surface area contributed by atoms with Gasteiger partial charge in [-0.05, 0) is 12.5 Å². The Bertz CT molecular complexity index is 328. The molecule has 0 amide bonds. The monoisotopic (exact) mass is 234 g/mol. The molecule has 3 nitrogen and oxygen atoms in total. The fourth-order valence-electron chi connectivity index (χ4n) is 1.02. The second kappa shape index (κ2) is 5.58. The van der Waals surface area contributed by atoms with Crippen LogP contribution in [0.1, 0.15) is 13.3 Å². The lowest BCUT2D eigenvalue weighted by molar-refractivity contribution is -0.153. The van der Waals surface area contributed by atoms with E-state index in [4.69, 9.17) is 0 Å². The van der Waals surface area contributed by atoms with E-state index in [1.165, 1.54) is 18.3 Å². The van der Waals surface area contributed by atoms with Gasteiger partial charge in [0.25, 0.3) is 0 Å². The molecule has 0 atom stereocenters. The zero-order valence-electron chi connectivity index (χ0n) is 8.84. The zero-order chi connectivity index (χ0) is 12.0. The van der Waals surface area contributed by atoms with Gasteiger partial charge < -0.3 is 10.1 Å². The van der Waals surface area contributed by atoms with Gasteiger partial charge in [-0.3, -0.25) is 0 Å². The van der Waals surface area contributed by atoms with Crippen molar-refractivity contribution < 1.29 is 17.9 Å². The van der Waals surface area contributed by atoms with Gasteiger partial charge in [0.05, 0.1) is 0 Å². The maximum Gasteiger partial charge on any atom is 0.422 e. The normalized spacial score (nSPS) is 11.2. The van der Waals surface area contributed by atoms with Gasteiger partial charge in [-0.15, -0.1) is 0 Å². The molecule has 0 unspecified atom stereocenters. The Labute approximate surface area is 91.6 Å². The van der Waals surface area contributed by atoms with E-state index in [1.54, 1.807) is 0 Å². The molecule has 0 aliphatic heterocycles. The van der Waals surface area contributed by atoms with Crippen molar-refractivity contribution in [1.82, 2.24) is 4.98 Å². The van der Waals surface area contributed by atoms with E-state index in [2.05, 4.69) is 15.0 Å². The summed E-state index contributed by atoms with van der Waals surface area (Å²) in [7, 11) is 0. The van der Waals surface area contributed by atoms with Crippen molar-refractivity contribution in [2.24, 2.45) is 0 Å². The summed E-state index contributed by atoms with van der Waals surface area (Å²) in [6, 6.07) is 2.84. The molecule has 0 fully saturated rings. The molecule has 1 N–H and O–H groups in total. The Morgan fingerprint density at radius 1 is 1.44 bits per heavy atom. The molecule has 1 heterocycles. The second-order valence-electron chi connectivity index (χ2n) is 3.21. The third-order valence-corrected chi connectivity index (χ3v) is 1.69. The van der Waals surface area contributed by atoms with E-state index in [9.17, 15) is 13.2 Å². The molecular formula is C10H13F3N2O. The van der Waals surface area contributed by atoms with E-state index in [-0.39, 0.29) is 5.75 Å². The lowest BCUT2D eigenvalue weighted by Crippen LogP contribution is -2.19. The van der Waals surface area contributed by atoms with Crippen LogP contribution in [0.3, 0.4) is 0 Å². The van der Waals surface area contributed by atoms with Crippen LogP contribution >= 0.6 is 0 Å². The average Bonchev–Trinajstić information content (AvgIpc) is 2.23. The van der Waals surface area contributed by atoms with Gasteiger partial charge in [0.15, 0.2) is 6.61 Å². The highest BCUT2D eigenvalue weighted by molar-refractivity contribution is 5.40. The summed E-state index contributed by atoms with van der Waals surface area (Å²) in [5, 5.41) is 2.96. The molecule has 90 valence electrons. The van der Waals surface area contributed by atoms with Crippen LogP contribution < -0.4 is 10.1 Å². The van der Waals surface area contributed by atoms with Crippen LogP contribution in [0.4, 0.5) is 19.0 Å². The van der Waals surface area contributed by atoms with Gasteiger partial charge in [-0.25, -0.2) is 4.98 Å². The SMILES string of the molecule is CCCNc1cc(OCC(F)(F)F)ccn1. The first-order chi connectivity index (χ1) is 7.51. The zero-order valence-corrected chi connectivity index (χ0v) is 8.84. The van der Waals surface area contributed by atoms with Crippen LogP contribution in [0.2, 0.25) is 0 Å². The maximum absolute atomic E-state index is 11.9. The highest BCUT2D eigenvalue weighted by Gasteiger charge is 2.28. The molecule has 0 saturated heterocycles. The first kappa shape index (κ1) is 12.6. The van der Waals surface area contributed by atoms with E-state index in [0.717, 1.165) is 13.0 Å². The molecule has 0 aromatic carbocycles. The average molecular weight is 234 g/mol. The number of ether oxygens (including phenoxy) is 1. The topological polar surface area (TPSA) is 34.1 Å². The number of hydrogen-bond acceptors (Lipinski definition) is 3. The third-order valence-electron chi connectivity index (χ3n) is 1.69. The van der Waals surface area contributed by atoms with Crippen LogP contribution in [0, 0.1) is 0 Å². The molecule has 1 rings (SSSR count). The number of pyridine rings is 1. The van der Waals surface area contributed by atoms with Gasteiger partial charge in [0.1, 0.15) is 11.6 Å². The van der Waals surface area contributed by atoms with Crippen molar-refractivity contribution in [1.29, 1.82) is 0 Å². The fourth-order valence-corrected chi connectivity index (χ4v) is 1.02. The molecule has 0 spiro atoms. The predicted molar refractivity (Wildman–Crippen MR) is 54.6 cm³/mol. The quantitative estimate of drug-likeness (QED) is 0.850. The minimum atomic E-state index is -4.32. The van der Waals surface area contributed by atoms with Gasteiger partial charge in [-0.1, -0.05) is 6.92 Å². The smallest absolute Gasteiger partial charge is 0.422 e. The van der Waals surface area contributed by atoms with Gasteiger partial charge in [0.2, 0.25) is 0 Å². The number of aromatic nitrogens is 1. The van der Waals surface area contributed by atoms with Crippen molar-refractivity contribution in [2.45, 2.75) is 19.5 Å². The van der Waals surface area contributed by atoms with E-state index >= 15 is 0 Å². The number of anilines is 1. The van der Waals surface area contributed by atoms with Crippen LogP contribution in [0.15, 0.2) is 18.3 Å². The maximum atomic E-state index is 11.9. The van der Waals surface area contributed by atoms with Crippen molar-refractivity contribution in [3.63, 3.8) is 0 Å². The Morgan fingerprint density at radius 3 is 2.81 bits per heavy atom. The Kier molecular flexibility index (Phi) is 4.39. The van der Waals surface area contributed by atoms with E-state index in [1.807, 2.05) is 6.92 Å². The minimum Gasteiger partial charge on any atom is -0.484 e. The molecule has 1 aromatic rings. The fraction of sp³-hybridized carbons (Fsp3) is 0.500. The number of nitrogens with zero attached hydrogens (tertiary/aromatic N) is 1. The van der Waals surface area contributed by atoms with Crippen LogP contribution in [-0.4, -0.2) is 24.3 Å². The number of alkyl halides is 3. The second-order valence-corrected chi connectivity index (χ2v) is 3.21. The third kappa shape index (κ3) is 4.86. The molecule has 16 heavy (non-hydrogen) atoms. The number of nitrogens with one attached hydrogen (secondary N) is 1.